The van der Waals surface area contributed by atoms with Crippen LogP contribution in [0.1, 0.15) is 48.4 Å². The zero-order chi connectivity index (χ0) is 26.8. The number of β-amino-alcohol motifs (C(OH)–C–C–N with tert-alkyl or cyclic N) is 1. The molecule has 37 heavy (non-hydrogen) atoms. The number of aliphatic hydroxyl groups is 1. The summed E-state index contributed by atoms with van der Waals surface area (Å²) < 4.78 is 11.1. The van der Waals surface area contributed by atoms with E-state index in [0.717, 1.165) is 19.5 Å². The van der Waals surface area contributed by atoms with Crippen LogP contribution in [0.15, 0.2) is 72.8 Å². The van der Waals surface area contributed by atoms with Crippen molar-refractivity contribution in [3.05, 3.63) is 95.1 Å². The summed E-state index contributed by atoms with van der Waals surface area (Å²) in [7, 11) is 3.79. The molecule has 1 atom stereocenters. The number of ether oxygens (including phenoxy) is 2. The number of rotatable bonds is 14. The van der Waals surface area contributed by atoms with Crippen LogP contribution in [-0.2, 0) is 0 Å². The molecule has 0 saturated heterocycles. The second kappa shape index (κ2) is 13.6. The summed E-state index contributed by atoms with van der Waals surface area (Å²) >= 11 is 0. The summed E-state index contributed by atoms with van der Waals surface area (Å²) in [5.41, 5.74) is 5.12. The fraction of sp³-hybridized carbons (Fsp3) is 0.438. The summed E-state index contributed by atoms with van der Waals surface area (Å²) in [4.78, 5) is 2.38. The highest BCUT2D eigenvalue weighted by Gasteiger charge is 2.22. The third-order valence-electron chi connectivity index (χ3n) is 6.74. The van der Waals surface area contributed by atoms with E-state index >= 15 is 0 Å². The number of aliphatic hydroxyl groups excluding tert-OH is 1. The molecule has 5 heteroatoms. The van der Waals surface area contributed by atoms with Crippen molar-refractivity contribution < 1.29 is 14.6 Å². The predicted octanol–water partition coefficient (Wildman–Crippen LogP) is 5.57. The molecule has 0 aliphatic carbocycles. The van der Waals surface area contributed by atoms with Crippen LogP contribution >= 0.6 is 0 Å². The summed E-state index contributed by atoms with van der Waals surface area (Å²) in [5, 5.41) is 14.0. The first kappa shape index (κ1) is 28.7. The first-order chi connectivity index (χ1) is 17.7. The van der Waals surface area contributed by atoms with Crippen LogP contribution in [0.4, 0.5) is 0 Å². The molecule has 3 rings (SSSR count). The van der Waals surface area contributed by atoms with Crippen molar-refractivity contribution in [3.63, 3.8) is 0 Å². The molecule has 3 aromatic carbocycles. The molecule has 0 bridgehead atoms. The van der Waals surface area contributed by atoms with E-state index < -0.39 is 6.10 Å². The Morgan fingerprint density at radius 1 is 0.865 bits per heavy atom. The van der Waals surface area contributed by atoms with E-state index in [1.807, 2.05) is 24.3 Å². The largest absolute Gasteiger partial charge is 0.493 e. The molecular formula is C32H44N2O3. The van der Waals surface area contributed by atoms with Crippen molar-refractivity contribution in [2.24, 2.45) is 0 Å². The quantitative estimate of drug-likeness (QED) is 0.300. The molecular weight excluding hydrogens is 460 g/mol. The molecule has 200 valence electrons. The fourth-order valence-electron chi connectivity index (χ4n) is 4.66. The summed E-state index contributed by atoms with van der Waals surface area (Å²) in [6.07, 6.45) is 0.413. The lowest BCUT2D eigenvalue weighted by Gasteiger charge is -2.33. The average Bonchev–Trinajstić information content (AvgIpc) is 2.88. The van der Waals surface area contributed by atoms with E-state index in [-0.39, 0.29) is 12.1 Å². The smallest absolute Gasteiger partial charge is 0.161 e. The molecule has 0 saturated carbocycles. The molecule has 0 aliphatic rings. The molecule has 0 radical (unpaired) electrons. The van der Waals surface area contributed by atoms with E-state index in [2.05, 4.69) is 93.5 Å². The van der Waals surface area contributed by atoms with Crippen LogP contribution in [0.2, 0.25) is 0 Å². The highest BCUT2D eigenvalue weighted by atomic mass is 16.5. The lowest BCUT2D eigenvalue weighted by molar-refractivity contribution is 0.0936. The third kappa shape index (κ3) is 9.19. The zero-order valence-electron chi connectivity index (χ0n) is 23.3. The van der Waals surface area contributed by atoms with E-state index in [0.29, 0.717) is 24.0 Å². The van der Waals surface area contributed by atoms with Gasteiger partial charge in [-0.05, 0) is 71.0 Å². The Kier molecular flexibility index (Phi) is 10.6. The van der Waals surface area contributed by atoms with Gasteiger partial charge in [0.1, 0.15) is 12.7 Å². The molecule has 3 aromatic rings. The number of methoxy groups -OCH3 is 1. The Morgan fingerprint density at radius 2 is 1.41 bits per heavy atom. The SMILES string of the molecule is COc1ccccc1OCC(O)CNC(C)(C)CN(C)CCC(c1ccc(C)cc1)c1ccc(C)cc1. The summed E-state index contributed by atoms with van der Waals surface area (Å²) in [5.74, 6) is 1.66. The zero-order valence-corrected chi connectivity index (χ0v) is 23.3. The number of hydrogen-bond donors (Lipinski definition) is 2. The molecule has 0 aliphatic heterocycles. The molecule has 5 nitrogen and oxygen atoms in total. The Balaban J connectivity index is 1.51. The van der Waals surface area contributed by atoms with E-state index in [4.69, 9.17) is 9.47 Å². The maximum atomic E-state index is 10.5. The van der Waals surface area contributed by atoms with Crippen LogP contribution in [0.3, 0.4) is 0 Å². The number of para-hydroxylation sites is 2. The monoisotopic (exact) mass is 504 g/mol. The molecule has 2 N–H and O–H groups in total. The van der Waals surface area contributed by atoms with Gasteiger partial charge in [-0.2, -0.15) is 0 Å². The number of likely N-dealkylation sites (N-methyl/N-ethyl adjacent to an activating group) is 1. The molecule has 0 heterocycles. The third-order valence-corrected chi connectivity index (χ3v) is 6.74. The second-order valence-electron chi connectivity index (χ2n) is 10.8. The van der Waals surface area contributed by atoms with Crippen LogP contribution in [0.25, 0.3) is 0 Å². The standard InChI is InChI=1S/C32H44N2O3/c1-24-11-15-26(16-12-24)29(27-17-13-25(2)14-18-27)19-20-34(5)23-32(3,4)33-21-28(35)22-37-31-10-8-7-9-30(31)36-6/h7-18,28-29,33,35H,19-23H2,1-6H3. The van der Waals surface area contributed by atoms with Gasteiger partial charge in [-0.15, -0.1) is 0 Å². The minimum Gasteiger partial charge on any atom is -0.493 e. The average molecular weight is 505 g/mol. The Labute approximate surface area is 223 Å². The Morgan fingerprint density at radius 3 is 1.95 bits per heavy atom. The minimum absolute atomic E-state index is 0.163. The second-order valence-corrected chi connectivity index (χ2v) is 10.8. The van der Waals surface area contributed by atoms with Crippen LogP contribution < -0.4 is 14.8 Å². The topological polar surface area (TPSA) is 54.0 Å². The van der Waals surface area contributed by atoms with Gasteiger partial charge in [0.25, 0.3) is 0 Å². The van der Waals surface area contributed by atoms with Crippen molar-refractivity contribution in [3.8, 4) is 11.5 Å². The van der Waals surface area contributed by atoms with Gasteiger partial charge in [0, 0.05) is 24.5 Å². The van der Waals surface area contributed by atoms with Crippen LogP contribution in [0, 0.1) is 13.8 Å². The number of aryl methyl sites for hydroxylation is 2. The summed E-state index contributed by atoms with van der Waals surface area (Å²) in [6.45, 7) is 11.1. The van der Waals surface area contributed by atoms with Gasteiger partial charge in [0.05, 0.1) is 7.11 Å². The van der Waals surface area contributed by atoms with Gasteiger partial charge in [-0.25, -0.2) is 0 Å². The molecule has 0 spiro atoms. The first-order valence-electron chi connectivity index (χ1n) is 13.2. The highest BCUT2D eigenvalue weighted by Crippen LogP contribution is 2.29. The van der Waals surface area contributed by atoms with Crippen molar-refractivity contribution >= 4 is 0 Å². The number of nitrogens with one attached hydrogen (secondary N) is 1. The van der Waals surface area contributed by atoms with Crippen molar-refractivity contribution in [2.45, 2.75) is 51.7 Å². The Bertz CT molecular complexity index is 1030. The predicted molar refractivity (Wildman–Crippen MR) is 153 cm³/mol. The van der Waals surface area contributed by atoms with Gasteiger partial charge in [-0.1, -0.05) is 71.8 Å². The van der Waals surface area contributed by atoms with E-state index in [1.54, 1.807) is 7.11 Å². The van der Waals surface area contributed by atoms with Gasteiger partial charge in [-0.3, -0.25) is 0 Å². The lowest BCUT2D eigenvalue weighted by atomic mass is 9.87. The fourth-order valence-corrected chi connectivity index (χ4v) is 4.66. The summed E-state index contributed by atoms with van der Waals surface area (Å²) in [6, 6.07) is 25.4. The number of benzene rings is 3. The highest BCUT2D eigenvalue weighted by molar-refractivity contribution is 5.39. The lowest BCUT2D eigenvalue weighted by Crippen LogP contribution is -2.51. The maximum Gasteiger partial charge on any atom is 0.161 e. The van der Waals surface area contributed by atoms with Gasteiger partial charge in [0.15, 0.2) is 11.5 Å². The maximum absolute atomic E-state index is 10.5. The molecule has 0 fully saturated rings. The van der Waals surface area contributed by atoms with Crippen molar-refractivity contribution in [2.75, 3.05) is 40.4 Å². The first-order valence-corrected chi connectivity index (χ1v) is 13.2. The Hall–Kier alpha value is -2.86. The van der Waals surface area contributed by atoms with Crippen molar-refractivity contribution in [1.29, 1.82) is 0 Å². The molecule has 0 amide bonds. The van der Waals surface area contributed by atoms with E-state index in [1.165, 1.54) is 22.3 Å². The van der Waals surface area contributed by atoms with Gasteiger partial charge in [0.2, 0.25) is 0 Å². The number of nitrogens with zero attached hydrogens (tertiary/aromatic N) is 1. The van der Waals surface area contributed by atoms with Crippen molar-refractivity contribution in [1.82, 2.24) is 10.2 Å². The van der Waals surface area contributed by atoms with Crippen LogP contribution in [-0.4, -0.2) is 62.0 Å². The van der Waals surface area contributed by atoms with Crippen LogP contribution in [0.5, 0.6) is 11.5 Å². The number of hydrogen-bond acceptors (Lipinski definition) is 5. The van der Waals surface area contributed by atoms with Gasteiger partial charge >= 0.3 is 0 Å². The van der Waals surface area contributed by atoms with Gasteiger partial charge < -0.3 is 24.8 Å². The molecule has 0 aromatic heterocycles. The molecule has 1 unspecified atom stereocenters. The minimum atomic E-state index is -0.623. The normalized spacial score (nSPS) is 12.7. The van der Waals surface area contributed by atoms with E-state index in [9.17, 15) is 5.11 Å².